The summed E-state index contributed by atoms with van der Waals surface area (Å²) in [5, 5.41) is 2.67. The summed E-state index contributed by atoms with van der Waals surface area (Å²) < 4.78 is 42.7. The second kappa shape index (κ2) is 9.28. The number of rotatable bonds is 8. The Hall–Kier alpha value is -1.72. The lowest BCUT2D eigenvalue weighted by Gasteiger charge is -2.26. The molecule has 1 amide bonds. The Balaban J connectivity index is 2.23. The number of methoxy groups -OCH3 is 2. The number of benzene rings is 1. The summed E-state index contributed by atoms with van der Waals surface area (Å²) in [6.45, 7) is 1.44. The van der Waals surface area contributed by atoms with Gasteiger partial charge in [0.25, 0.3) is 0 Å². The lowest BCUT2D eigenvalue weighted by atomic mass is 10.2. The van der Waals surface area contributed by atoms with E-state index in [1.54, 1.807) is 6.07 Å². The zero-order valence-electron chi connectivity index (χ0n) is 14.9. The number of nitrogens with two attached hydrogens (primary N) is 1. The minimum atomic E-state index is -3.76. The molecule has 0 aliphatic carbocycles. The topological polar surface area (TPSA) is 120 Å². The molecular formula is C16H25N3O6S. The summed E-state index contributed by atoms with van der Waals surface area (Å²) in [7, 11) is -0.887. The molecule has 10 heteroatoms. The first-order valence-corrected chi connectivity index (χ1v) is 9.65. The van der Waals surface area contributed by atoms with Gasteiger partial charge in [0.15, 0.2) is 0 Å². The summed E-state index contributed by atoms with van der Waals surface area (Å²) in [5.41, 5.74) is 5.87. The fourth-order valence-corrected chi connectivity index (χ4v) is 4.15. The van der Waals surface area contributed by atoms with Gasteiger partial charge in [-0.15, -0.1) is 0 Å². The number of hydrogen-bond acceptors (Lipinski definition) is 7. The number of morpholine rings is 1. The van der Waals surface area contributed by atoms with Crippen LogP contribution < -0.4 is 15.8 Å². The predicted molar refractivity (Wildman–Crippen MR) is 95.7 cm³/mol. The molecule has 0 spiro atoms. The summed E-state index contributed by atoms with van der Waals surface area (Å²) in [6.07, 6.45) is -0.324. The highest BCUT2D eigenvalue weighted by molar-refractivity contribution is 7.89. The van der Waals surface area contributed by atoms with Crippen LogP contribution in [0.4, 0.5) is 5.69 Å². The van der Waals surface area contributed by atoms with Crippen molar-refractivity contribution in [2.24, 2.45) is 5.73 Å². The third-order valence-corrected chi connectivity index (χ3v) is 5.96. The van der Waals surface area contributed by atoms with Gasteiger partial charge < -0.3 is 25.3 Å². The van der Waals surface area contributed by atoms with Gasteiger partial charge in [0.1, 0.15) is 10.6 Å². The molecule has 1 aliphatic heterocycles. The molecule has 146 valence electrons. The fourth-order valence-electron chi connectivity index (χ4n) is 2.56. The van der Waals surface area contributed by atoms with Crippen LogP contribution in [0, 0.1) is 0 Å². The highest BCUT2D eigenvalue weighted by Gasteiger charge is 2.29. The van der Waals surface area contributed by atoms with Crippen molar-refractivity contribution in [3.05, 3.63) is 18.2 Å². The first kappa shape index (κ1) is 20.6. The molecule has 0 saturated carbocycles. The smallest absolute Gasteiger partial charge is 0.246 e. The van der Waals surface area contributed by atoms with E-state index < -0.39 is 16.1 Å². The molecule has 1 unspecified atom stereocenters. The van der Waals surface area contributed by atoms with E-state index in [2.05, 4.69) is 5.32 Å². The number of amides is 1. The van der Waals surface area contributed by atoms with E-state index in [4.69, 9.17) is 19.9 Å². The van der Waals surface area contributed by atoms with E-state index in [1.807, 2.05) is 0 Å². The largest absolute Gasteiger partial charge is 0.495 e. The first-order valence-electron chi connectivity index (χ1n) is 8.21. The molecule has 1 aromatic rings. The van der Waals surface area contributed by atoms with E-state index in [-0.39, 0.29) is 42.6 Å². The molecule has 26 heavy (non-hydrogen) atoms. The Morgan fingerprint density at radius 3 is 2.62 bits per heavy atom. The average molecular weight is 387 g/mol. The van der Waals surface area contributed by atoms with Crippen molar-refractivity contribution in [3.8, 4) is 5.75 Å². The Morgan fingerprint density at radius 1 is 1.35 bits per heavy atom. The number of carbonyl (C=O) groups is 1. The minimum absolute atomic E-state index is 0.00168. The molecule has 1 heterocycles. The molecule has 3 N–H and O–H groups in total. The molecule has 0 bridgehead atoms. The number of nitrogens with one attached hydrogen (secondary N) is 1. The molecule has 2 rings (SSSR count). The number of anilines is 1. The lowest BCUT2D eigenvalue weighted by Crippen LogP contribution is -2.40. The number of sulfonamides is 1. The van der Waals surface area contributed by atoms with Crippen molar-refractivity contribution in [1.29, 1.82) is 0 Å². The van der Waals surface area contributed by atoms with Gasteiger partial charge in [0, 0.05) is 32.4 Å². The van der Waals surface area contributed by atoms with E-state index in [0.717, 1.165) is 0 Å². The molecule has 0 radical (unpaired) electrons. The van der Waals surface area contributed by atoms with Gasteiger partial charge in [-0.1, -0.05) is 0 Å². The summed E-state index contributed by atoms with van der Waals surface area (Å²) >= 11 is 0. The van der Waals surface area contributed by atoms with Gasteiger partial charge in [-0.2, -0.15) is 4.31 Å². The van der Waals surface area contributed by atoms with Crippen molar-refractivity contribution in [2.75, 3.05) is 52.4 Å². The molecule has 1 atom stereocenters. The number of hydrogen-bond donors (Lipinski definition) is 2. The SMILES string of the molecule is COc1ccc(NC(=O)CC(CN)OC)cc1S(=O)(=O)N1CCOCC1. The van der Waals surface area contributed by atoms with Crippen LogP contribution in [0.5, 0.6) is 5.75 Å². The van der Waals surface area contributed by atoms with Crippen molar-refractivity contribution in [2.45, 2.75) is 17.4 Å². The first-order chi connectivity index (χ1) is 12.4. The fraction of sp³-hybridized carbons (Fsp3) is 0.562. The normalized spacial score (nSPS) is 16.9. The van der Waals surface area contributed by atoms with Crippen LogP contribution in [0.15, 0.2) is 23.1 Å². The van der Waals surface area contributed by atoms with Gasteiger partial charge in [-0.25, -0.2) is 8.42 Å². The highest BCUT2D eigenvalue weighted by atomic mass is 32.2. The second-order valence-electron chi connectivity index (χ2n) is 5.73. The summed E-state index contributed by atoms with van der Waals surface area (Å²) in [6, 6.07) is 4.49. The van der Waals surface area contributed by atoms with Gasteiger partial charge in [-0.3, -0.25) is 4.79 Å². The van der Waals surface area contributed by atoms with Crippen molar-refractivity contribution < 1.29 is 27.4 Å². The zero-order chi connectivity index (χ0) is 19.2. The van der Waals surface area contributed by atoms with Gasteiger partial charge >= 0.3 is 0 Å². The van der Waals surface area contributed by atoms with Crippen LogP contribution in [-0.4, -0.2) is 71.8 Å². The molecule has 1 fully saturated rings. The van der Waals surface area contributed by atoms with E-state index >= 15 is 0 Å². The molecular weight excluding hydrogens is 362 g/mol. The lowest BCUT2D eigenvalue weighted by molar-refractivity contribution is -0.118. The van der Waals surface area contributed by atoms with Crippen LogP contribution in [-0.2, 0) is 24.3 Å². The number of carbonyl (C=O) groups excluding carboxylic acids is 1. The maximum Gasteiger partial charge on any atom is 0.246 e. The third kappa shape index (κ3) is 4.92. The molecule has 9 nitrogen and oxygen atoms in total. The van der Waals surface area contributed by atoms with Crippen LogP contribution in [0.2, 0.25) is 0 Å². The Bertz CT molecular complexity index is 715. The molecule has 1 aliphatic rings. The van der Waals surface area contributed by atoms with Crippen LogP contribution >= 0.6 is 0 Å². The van der Waals surface area contributed by atoms with Crippen LogP contribution in [0.1, 0.15) is 6.42 Å². The second-order valence-corrected chi connectivity index (χ2v) is 7.63. The number of nitrogens with zero attached hydrogens (tertiary/aromatic N) is 1. The molecule has 1 saturated heterocycles. The Kier molecular flexibility index (Phi) is 7.35. The Labute approximate surface area is 153 Å². The minimum Gasteiger partial charge on any atom is -0.495 e. The number of ether oxygens (including phenoxy) is 3. The van der Waals surface area contributed by atoms with Crippen LogP contribution in [0.25, 0.3) is 0 Å². The monoisotopic (exact) mass is 387 g/mol. The maximum absolute atomic E-state index is 12.9. The van der Waals surface area contributed by atoms with Crippen molar-refractivity contribution >= 4 is 21.6 Å². The van der Waals surface area contributed by atoms with E-state index in [1.165, 1.54) is 30.7 Å². The standard InChI is InChI=1S/C16H25N3O6S/c1-23-13(11-17)10-16(20)18-12-3-4-14(24-2)15(9-12)26(21,22)19-5-7-25-8-6-19/h3-4,9,13H,5-8,10-11,17H2,1-2H3,(H,18,20). The van der Waals surface area contributed by atoms with E-state index in [9.17, 15) is 13.2 Å². The zero-order valence-corrected chi connectivity index (χ0v) is 15.8. The molecule has 0 aromatic heterocycles. The third-order valence-electron chi connectivity index (χ3n) is 4.04. The van der Waals surface area contributed by atoms with Crippen molar-refractivity contribution in [3.63, 3.8) is 0 Å². The van der Waals surface area contributed by atoms with Gasteiger partial charge in [0.2, 0.25) is 15.9 Å². The maximum atomic E-state index is 12.9. The van der Waals surface area contributed by atoms with Crippen LogP contribution in [0.3, 0.4) is 0 Å². The predicted octanol–water partition coefficient (Wildman–Crippen LogP) is 0.0184. The summed E-state index contributed by atoms with van der Waals surface area (Å²) in [5.74, 6) is -0.103. The van der Waals surface area contributed by atoms with Gasteiger partial charge in [-0.05, 0) is 18.2 Å². The highest BCUT2D eigenvalue weighted by Crippen LogP contribution is 2.30. The van der Waals surface area contributed by atoms with Gasteiger partial charge in [0.05, 0.1) is 32.8 Å². The molecule has 1 aromatic carbocycles. The quantitative estimate of drug-likeness (QED) is 0.645. The Morgan fingerprint density at radius 2 is 2.04 bits per heavy atom. The summed E-state index contributed by atoms with van der Waals surface area (Å²) in [4.78, 5) is 12.1. The van der Waals surface area contributed by atoms with Crippen molar-refractivity contribution in [1.82, 2.24) is 4.31 Å². The average Bonchev–Trinajstić information content (AvgIpc) is 2.66. The van der Waals surface area contributed by atoms with E-state index in [0.29, 0.717) is 18.9 Å².